The van der Waals surface area contributed by atoms with Crippen molar-refractivity contribution in [2.24, 2.45) is 0 Å². The molecule has 2 heteroatoms. The molecule has 0 saturated heterocycles. The molecule has 0 unspecified atom stereocenters. The average molecular weight is 196 g/mol. The Balaban J connectivity index is -0.000000205. The summed E-state index contributed by atoms with van der Waals surface area (Å²) in [6.45, 7) is 14.0. The number of allylic oxidation sites excluding steroid dienone is 3. The van der Waals surface area contributed by atoms with E-state index in [1.807, 2.05) is 32.9 Å². The summed E-state index contributed by atoms with van der Waals surface area (Å²) in [6.07, 6.45) is 4.75. The molecule has 0 saturated carbocycles. The van der Waals surface area contributed by atoms with Crippen molar-refractivity contribution >= 4 is 0 Å². The standard InChI is InChI=1S/C7H10N2.C3H8.C2H6/c1-3-4-7(2)9-6-5-8;1-3-2;1-2/h3-4,9H,1,6H2,2H3;3H2,1-2H3;1-2H3/b7-4+;;. The molecular formula is C12H24N2. The zero-order chi connectivity index (χ0) is 11.8. The molecular weight excluding hydrogens is 172 g/mol. The Bertz CT molecular complexity index is 164. The number of nitriles is 1. The van der Waals surface area contributed by atoms with Crippen molar-refractivity contribution in [1.82, 2.24) is 5.32 Å². The van der Waals surface area contributed by atoms with Crippen molar-refractivity contribution in [2.75, 3.05) is 6.54 Å². The van der Waals surface area contributed by atoms with Gasteiger partial charge in [0.2, 0.25) is 0 Å². The molecule has 0 aromatic heterocycles. The molecule has 0 aliphatic carbocycles. The molecule has 0 amide bonds. The van der Waals surface area contributed by atoms with E-state index in [1.54, 1.807) is 6.08 Å². The van der Waals surface area contributed by atoms with Crippen LogP contribution < -0.4 is 5.32 Å². The van der Waals surface area contributed by atoms with E-state index in [1.165, 1.54) is 6.42 Å². The second-order valence-electron chi connectivity index (χ2n) is 2.30. The van der Waals surface area contributed by atoms with Crippen molar-refractivity contribution in [3.05, 3.63) is 24.4 Å². The Morgan fingerprint density at radius 1 is 1.43 bits per heavy atom. The van der Waals surface area contributed by atoms with E-state index in [0.717, 1.165) is 5.70 Å². The monoisotopic (exact) mass is 196 g/mol. The van der Waals surface area contributed by atoms with Crippen molar-refractivity contribution in [1.29, 1.82) is 5.26 Å². The van der Waals surface area contributed by atoms with Gasteiger partial charge in [-0.2, -0.15) is 5.26 Å². The largest absolute Gasteiger partial charge is 0.376 e. The van der Waals surface area contributed by atoms with Crippen LogP contribution in [0.4, 0.5) is 0 Å². The number of hydrogen-bond acceptors (Lipinski definition) is 2. The van der Waals surface area contributed by atoms with E-state index in [4.69, 9.17) is 5.26 Å². The molecule has 82 valence electrons. The quantitative estimate of drug-likeness (QED) is 0.552. The smallest absolute Gasteiger partial charge is 0.103 e. The summed E-state index contributed by atoms with van der Waals surface area (Å²) in [5.41, 5.74) is 0.964. The lowest BCUT2D eigenvalue weighted by Crippen LogP contribution is -2.09. The number of hydrogen-bond donors (Lipinski definition) is 1. The van der Waals surface area contributed by atoms with E-state index in [9.17, 15) is 0 Å². The Morgan fingerprint density at radius 3 is 2.14 bits per heavy atom. The molecule has 0 aromatic carbocycles. The zero-order valence-electron chi connectivity index (χ0n) is 10.2. The molecule has 1 N–H and O–H groups in total. The zero-order valence-corrected chi connectivity index (χ0v) is 10.2. The summed E-state index contributed by atoms with van der Waals surface area (Å²) in [5.74, 6) is 0. The molecule has 0 heterocycles. The van der Waals surface area contributed by atoms with Crippen molar-refractivity contribution in [3.63, 3.8) is 0 Å². The molecule has 0 atom stereocenters. The maximum absolute atomic E-state index is 8.12. The predicted molar refractivity (Wildman–Crippen MR) is 64.9 cm³/mol. The van der Waals surface area contributed by atoms with Gasteiger partial charge in [-0.3, -0.25) is 0 Å². The van der Waals surface area contributed by atoms with E-state index in [0.29, 0.717) is 6.54 Å². The molecule has 2 nitrogen and oxygen atoms in total. The van der Waals surface area contributed by atoms with Gasteiger partial charge in [0.05, 0.1) is 6.07 Å². The van der Waals surface area contributed by atoms with E-state index < -0.39 is 0 Å². The first kappa shape index (κ1) is 18.5. The molecule has 0 aromatic rings. The first-order chi connectivity index (χ1) is 6.72. The van der Waals surface area contributed by atoms with Crippen LogP contribution in [0.5, 0.6) is 0 Å². The Kier molecular flexibility index (Phi) is 29.9. The lowest BCUT2D eigenvalue weighted by atomic mass is 10.4. The van der Waals surface area contributed by atoms with Gasteiger partial charge in [-0.05, 0) is 13.0 Å². The first-order valence-corrected chi connectivity index (χ1v) is 5.13. The second kappa shape index (κ2) is 22.6. The lowest BCUT2D eigenvalue weighted by molar-refractivity contribution is 0.912. The van der Waals surface area contributed by atoms with Crippen LogP contribution in [-0.2, 0) is 0 Å². The summed E-state index contributed by atoms with van der Waals surface area (Å²) < 4.78 is 0. The Morgan fingerprint density at radius 2 is 1.86 bits per heavy atom. The van der Waals surface area contributed by atoms with Gasteiger partial charge < -0.3 is 5.32 Å². The van der Waals surface area contributed by atoms with Gasteiger partial charge in [0.1, 0.15) is 6.54 Å². The van der Waals surface area contributed by atoms with Crippen molar-refractivity contribution in [2.45, 2.75) is 41.0 Å². The minimum atomic E-state index is 0.357. The SMILES string of the molecule is C=C/C=C(\C)NCC#N.CC.CCC. The summed E-state index contributed by atoms with van der Waals surface area (Å²) in [4.78, 5) is 0. The van der Waals surface area contributed by atoms with Crippen LogP contribution in [0.25, 0.3) is 0 Å². The molecule has 0 spiro atoms. The summed E-state index contributed by atoms with van der Waals surface area (Å²) >= 11 is 0. The van der Waals surface area contributed by atoms with Gasteiger partial charge >= 0.3 is 0 Å². The fourth-order valence-corrected chi connectivity index (χ4v) is 0.415. The fraction of sp³-hybridized carbons (Fsp3) is 0.583. The normalized spacial score (nSPS) is 8.14. The predicted octanol–water partition coefficient (Wildman–Crippen LogP) is 3.63. The maximum Gasteiger partial charge on any atom is 0.103 e. The van der Waals surface area contributed by atoms with Crippen LogP contribution in [0.2, 0.25) is 0 Å². The third kappa shape index (κ3) is 30.9. The lowest BCUT2D eigenvalue weighted by Gasteiger charge is -1.96. The average Bonchev–Trinajstić information content (AvgIpc) is 2.20. The molecule has 0 rings (SSSR count). The van der Waals surface area contributed by atoms with Crippen molar-refractivity contribution in [3.8, 4) is 6.07 Å². The molecule has 0 radical (unpaired) electrons. The fourth-order valence-electron chi connectivity index (χ4n) is 0.415. The van der Waals surface area contributed by atoms with E-state index >= 15 is 0 Å². The summed E-state index contributed by atoms with van der Waals surface area (Å²) in [6, 6.07) is 1.97. The number of rotatable bonds is 3. The minimum absolute atomic E-state index is 0.357. The highest BCUT2D eigenvalue weighted by Crippen LogP contribution is 1.83. The van der Waals surface area contributed by atoms with Crippen LogP contribution in [0.15, 0.2) is 24.4 Å². The second-order valence-corrected chi connectivity index (χ2v) is 2.30. The third-order valence-corrected chi connectivity index (χ3v) is 0.814. The maximum atomic E-state index is 8.12. The molecule has 0 aliphatic rings. The first-order valence-electron chi connectivity index (χ1n) is 5.13. The molecule has 0 bridgehead atoms. The minimum Gasteiger partial charge on any atom is -0.376 e. The van der Waals surface area contributed by atoms with Gasteiger partial charge in [0.15, 0.2) is 0 Å². The highest BCUT2D eigenvalue weighted by molar-refractivity contribution is 5.06. The summed E-state index contributed by atoms with van der Waals surface area (Å²) in [5, 5.41) is 11.0. The molecule has 0 fully saturated rings. The van der Waals surface area contributed by atoms with Crippen LogP contribution >= 0.6 is 0 Å². The Labute approximate surface area is 89.3 Å². The van der Waals surface area contributed by atoms with Gasteiger partial charge in [-0.25, -0.2) is 0 Å². The van der Waals surface area contributed by atoms with Crippen LogP contribution in [0, 0.1) is 11.3 Å². The van der Waals surface area contributed by atoms with Crippen LogP contribution in [-0.4, -0.2) is 6.54 Å². The number of nitrogens with zero attached hydrogens (tertiary/aromatic N) is 1. The van der Waals surface area contributed by atoms with E-state index in [2.05, 4.69) is 25.7 Å². The van der Waals surface area contributed by atoms with Gasteiger partial charge in [0.25, 0.3) is 0 Å². The van der Waals surface area contributed by atoms with Gasteiger partial charge in [-0.15, -0.1) is 0 Å². The van der Waals surface area contributed by atoms with Gasteiger partial charge in [0, 0.05) is 5.70 Å². The highest BCUT2D eigenvalue weighted by Gasteiger charge is 1.80. The Hall–Kier alpha value is -1.23. The van der Waals surface area contributed by atoms with Gasteiger partial charge in [-0.1, -0.05) is 46.8 Å². The molecule has 0 aliphatic heterocycles. The third-order valence-electron chi connectivity index (χ3n) is 0.814. The van der Waals surface area contributed by atoms with Crippen LogP contribution in [0.1, 0.15) is 41.0 Å². The highest BCUT2D eigenvalue weighted by atomic mass is 14.9. The number of nitrogens with one attached hydrogen (secondary N) is 1. The van der Waals surface area contributed by atoms with Crippen LogP contribution in [0.3, 0.4) is 0 Å². The topological polar surface area (TPSA) is 35.8 Å². The summed E-state index contributed by atoms with van der Waals surface area (Å²) in [7, 11) is 0. The molecule has 14 heavy (non-hydrogen) atoms. The van der Waals surface area contributed by atoms with Crippen molar-refractivity contribution < 1.29 is 0 Å². The van der Waals surface area contributed by atoms with E-state index in [-0.39, 0.29) is 0 Å².